The Morgan fingerprint density at radius 2 is 1.75 bits per heavy atom. The van der Waals surface area contributed by atoms with E-state index in [4.69, 9.17) is 5.73 Å². The summed E-state index contributed by atoms with van der Waals surface area (Å²) in [5.74, 6) is 0. The Balaban J connectivity index is 2.18. The Hall–Kier alpha value is -2.11. The van der Waals surface area contributed by atoms with Gasteiger partial charge >= 0.3 is 0 Å². The minimum absolute atomic E-state index is 0.544. The Kier molecular flexibility index (Phi) is 4.55. The Morgan fingerprint density at radius 3 is 2.30 bits per heavy atom. The highest BCUT2D eigenvalue weighted by Crippen LogP contribution is 2.20. The van der Waals surface area contributed by atoms with Gasteiger partial charge in [-0.1, -0.05) is 30.3 Å². The summed E-state index contributed by atoms with van der Waals surface area (Å²) in [7, 11) is 0. The number of anilines is 2. The molecule has 2 aromatic carbocycles. The van der Waals surface area contributed by atoms with Crippen LogP contribution in [0.2, 0.25) is 0 Å². The van der Waals surface area contributed by atoms with Crippen molar-refractivity contribution in [1.29, 1.82) is 0 Å². The maximum atomic E-state index is 10.5. The summed E-state index contributed by atoms with van der Waals surface area (Å²) >= 11 is -2.29. The molecule has 0 radical (unpaired) electrons. The Bertz CT molecular complexity index is 634. The molecule has 1 atom stereocenters. The Morgan fingerprint density at radius 1 is 1.15 bits per heavy atom. The maximum Gasteiger partial charge on any atom is 0.0452 e. The van der Waals surface area contributed by atoms with Gasteiger partial charge in [0.1, 0.15) is 0 Å². The van der Waals surface area contributed by atoms with E-state index in [9.17, 15) is 8.76 Å². The van der Waals surface area contributed by atoms with Gasteiger partial charge < -0.3 is 15.0 Å². The van der Waals surface area contributed by atoms with Crippen LogP contribution in [0.3, 0.4) is 0 Å². The molecule has 4 nitrogen and oxygen atoms in total. The number of hydrogen-bond donors (Lipinski definition) is 2. The second-order valence-corrected chi connectivity index (χ2v) is 5.08. The second kappa shape index (κ2) is 6.36. The van der Waals surface area contributed by atoms with E-state index >= 15 is 0 Å². The highest BCUT2D eigenvalue weighted by atomic mass is 32.2. The van der Waals surface area contributed by atoms with Crippen molar-refractivity contribution in [2.75, 3.05) is 10.5 Å². The smallest absolute Gasteiger partial charge is 0.0452 e. The number of benzene rings is 2. The summed E-state index contributed by atoms with van der Waals surface area (Å²) in [6.45, 7) is 2.00. The van der Waals surface area contributed by atoms with E-state index in [0.717, 1.165) is 22.4 Å². The van der Waals surface area contributed by atoms with Crippen molar-refractivity contribution >= 4 is 34.3 Å². The van der Waals surface area contributed by atoms with Crippen molar-refractivity contribution in [3.63, 3.8) is 0 Å². The molecule has 20 heavy (non-hydrogen) atoms. The number of rotatable bonds is 4. The third-order valence-electron chi connectivity index (χ3n) is 2.86. The summed E-state index contributed by atoms with van der Waals surface area (Å²) in [4.78, 5) is 0. The quantitative estimate of drug-likeness (QED) is 0.515. The molecule has 0 aliphatic rings. The minimum atomic E-state index is -2.29. The first-order valence-corrected chi connectivity index (χ1v) is 7.12. The molecule has 3 N–H and O–H groups in total. The normalized spacial score (nSPS) is 13.0. The van der Waals surface area contributed by atoms with Gasteiger partial charge in [0.15, 0.2) is 0 Å². The molecule has 5 heteroatoms. The maximum absolute atomic E-state index is 10.5. The van der Waals surface area contributed by atoms with Crippen LogP contribution in [0, 0.1) is 0 Å². The summed E-state index contributed by atoms with van der Waals surface area (Å²) in [5, 5.41) is 0. The van der Waals surface area contributed by atoms with Gasteiger partial charge in [0.25, 0.3) is 0 Å². The molecule has 0 saturated carbocycles. The third kappa shape index (κ3) is 3.94. The van der Waals surface area contributed by atoms with Crippen molar-refractivity contribution in [1.82, 2.24) is 0 Å². The van der Waals surface area contributed by atoms with Crippen molar-refractivity contribution in [2.24, 2.45) is 0 Å². The third-order valence-corrected chi connectivity index (χ3v) is 3.26. The van der Waals surface area contributed by atoms with E-state index in [1.54, 1.807) is 12.1 Å². The lowest BCUT2D eigenvalue weighted by Crippen LogP contribution is -2.01. The highest BCUT2D eigenvalue weighted by molar-refractivity contribution is 7.80. The van der Waals surface area contributed by atoms with E-state index in [2.05, 4.69) is 4.72 Å². The average molecular weight is 287 g/mol. The number of nitrogen functional groups attached to an aromatic ring is 1. The first-order chi connectivity index (χ1) is 9.54. The van der Waals surface area contributed by atoms with Gasteiger partial charge in [0.05, 0.1) is 0 Å². The van der Waals surface area contributed by atoms with E-state index in [0.29, 0.717) is 5.69 Å². The number of nitrogens with one attached hydrogen (secondary N) is 1. The van der Waals surface area contributed by atoms with E-state index in [1.165, 1.54) is 0 Å². The van der Waals surface area contributed by atoms with E-state index in [-0.39, 0.29) is 0 Å². The zero-order valence-electron chi connectivity index (χ0n) is 11.0. The fourth-order valence-electron chi connectivity index (χ4n) is 1.82. The van der Waals surface area contributed by atoms with E-state index < -0.39 is 11.3 Å². The molecule has 0 bridgehead atoms. The van der Waals surface area contributed by atoms with Crippen molar-refractivity contribution < 1.29 is 8.76 Å². The van der Waals surface area contributed by atoms with Crippen LogP contribution in [-0.4, -0.2) is 8.76 Å². The lowest BCUT2D eigenvalue weighted by atomic mass is 10.0. The molecule has 0 aliphatic carbocycles. The van der Waals surface area contributed by atoms with Crippen LogP contribution in [0.4, 0.5) is 11.4 Å². The van der Waals surface area contributed by atoms with Crippen LogP contribution in [-0.2, 0) is 11.3 Å². The lowest BCUT2D eigenvalue weighted by Gasteiger charge is -2.09. The molecule has 0 aromatic heterocycles. The molecule has 0 aliphatic heterocycles. The van der Waals surface area contributed by atoms with Crippen molar-refractivity contribution in [3.8, 4) is 0 Å². The fourth-order valence-corrected chi connectivity index (χ4v) is 2.15. The van der Waals surface area contributed by atoms with Gasteiger partial charge in [-0.05, 0) is 47.9 Å². The van der Waals surface area contributed by atoms with Crippen LogP contribution >= 0.6 is 0 Å². The zero-order valence-corrected chi connectivity index (χ0v) is 11.8. The molecule has 0 fully saturated rings. The van der Waals surface area contributed by atoms with Gasteiger partial charge in [-0.15, -0.1) is 0 Å². The van der Waals surface area contributed by atoms with Gasteiger partial charge in [-0.3, -0.25) is 4.21 Å². The molecule has 0 saturated heterocycles. The molecule has 1 unspecified atom stereocenters. The zero-order chi connectivity index (χ0) is 14.5. The molecule has 104 valence electrons. The second-order valence-electron chi connectivity index (χ2n) is 4.41. The van der Waals surface area contributed by atoms with Crippen LogP contribution in [0.1, 0.15) is 18.1 Å². The monoisotopic (exact) mass is 287 g/mol. The number of nitrogens with two attached hydrogens (primary N) is 1. The van der Waals surface area contributed by atoms with Crippen LogP contribution < -0.4 is 10.5 Å². The lowest BCUT2D eigenvalue weighted by molar-refractivity contribution is 0.542. The molecule has 0 heterocycles. The summed E-state index contributed by atoms with van der Waals surface area (Å²) in [6, 6.07) is 14.8. The first-order valence-electron chi connectivity index (χ1n) is 6.05. The van der Waals surface area contributed by atoms with Gasteiger partial charge in [0, 0.05) is 22.6 Å². The van der Waals surface area contributed by atoms with Gasteiger partial charge in [-0.25, -0.2) is 0 Å². The Labute approximate surface area is 120 Å². The predicted octanol–water partition coefficient (Wildman–Crippen LogP) is 3.04. The van der Waals surface area contributed by atoms with E-state index in [1.807, 2.05) is 49.4 Å². The average Bonchev–Trinajstić information content (AvgIpc) is 2.41. The van der Waals surface area contributed by atoms with Crippen LogP contribution in [0.25, 0.3) is 11.6 Å². The van der Waals surface area contributed by atoms with Crippen molar-refractivity contribution in [2.45, 2.75) is 6.92 Å². The SMILES string of the molecule is CC(=Cc1ccc(N)cc1)c1ccc(NS(=O)[O-])cc1. The van der Waals surface area contributed by atoms with Gasteiger partial charge in [-0.2, -0.15) is 0 Å². The first kappa shape index (κ1) is 14.3. The van der Waals surface area contributed by atoms with Crippen LogP contribution in [0.5, 0.6) is 0 Å². The summed E-state index contributed by atoms with van der Waals surface area (Å²) < 4.78 is 23.4. The standard InChI is InChI=1S/C15H16N2O2S/c1-11(10-12-2-6-14(16)7-3-12)13-4-8-15(9-5-13)17-20(18)19/h2-10,17H,16H2,1H3,(H,18,19)/p-1. The molecule has 0 spiro atoms. The topological polar surface area (TPSA) is 78.2 Å². The molecule has 2 rings (SSSR count). The highest BCUT2D eigenvalue weighted by Gasteiger charge is 1.98. The largest absolute Gasteiger partial charge is 0.755 e. The molecular formula is C15H15N2O2S-. The summed E-state index contributed by atoms with van der Waals surface area (Å²) in [5.41, 5.74) is 10.1. The van der Waals surface area contributed by atoms with Crippen molar-refractivity contribution in [3.05, 3.63) is 59.7 Å². The molecular weight excluding hydrogens is 272 g/mol. The molecule has 0 amide bonds. The van der Waals surface area contributed by atoms with Gasteiger partial charge in [0.2, 0.25) is 0 Å². The molecule has 2 aromatic rings. The number of hydrogen-bond acceptors (Lipinski definition) is 3. The fraction of sp³-hybridized carbons (Fsp3) is 0.0667. The minimum Gasteiger partial charge on any atom is -0.755 e. The predicted molar refractivity (Wildman–Crippen MR) is 83.4 cm³/mol. The number of allylic oxidation sites excluding steroid dienone is 1. The summed E-state index contributed by atoms with van der Waals surface area (Å²) in [6.07, 6.45) is 2.05. The van der Waals surface area contributed by atoms with Crippen LogP contribution in [0.15, 0.2) is 48.5 Å².